The molecule has 3 unspecified atom stereocenters. The van der Waals surface area contributed by atoms with Gasteiger partial charge in [0.1, 0.15) is 12.6 Å². The molecule has 0 bridgehead atoms. The Bertz CT molecular complexity index is 556. The van der Waals surface area contributed by atoms with Crippen molar-refractivity contribution in [2.24, 2.45) is 5.73 Å². The number of hydrogen-bond donors (Lipinski definition) is 3. The number of carboxylic acids is 1. The largest absolute Gasteiger partial charge is 0.480 e. The summed E-state index contributed by atoms with van der Waals surface area (Å²) >= 11 is 0. The summed E-state index contributed by atoms with van der Waals surface area (Å²) in [5.41, 5.74) is 5.18. The Labute approximate surface area is 170 Å². The zero-order chi connectivity index (χ0) is 22.3. The number of ether oxygens (including phenoxy) is 2. The van der Waals surface area contributed by atoms with Crippen molar-refractivity contribution >= 4 is 25.7 Å². The van der Waals surface area contributed by atoms with Crippen LogP contribution in [0.15, 0.2) is 0 Å². The van der Waals surface area contributed by atoms with Crippen LogP contribution in [0.4, 0.5) is 0 Å². The van der Waals surface area contributed by atoms with Gasteiger partial charge in [-0.2, -0.15) is 0 Å². The molecule has 0 aliphatic rings. The van der Waals surface area contributed by atoms with Crippen LogP contribution in [0.2, 0.25) is 0 Å². The Morgan fingerprint density at radius 2 is 1.59 bits per heavy atom. The van der Waals surface area contributed by atoms with E-state index < -0.39 is 51.1 Å². The van der Waals surface area contributed by atoms with Gasteiger partial charge in [0.05, 0.1) is 13.2 Å². The van der Waals surface area contributed by atoms with E-state index in [1.807, 2.05) is 6.92 Å². The van der Waals surface area contributed by atoms with Gasteiger partial charge in [0.15, 0.2) is 6.10 Å². The first-order chi connectivity index (χ1) is 13.6. The van der Waals surface area contributed by atoms with E-state index in [2.05, 4.69) is 4.52 Å². The summed E-state index contributed by atoms with van der Waals surface area (Å²) < 4.78 is 31.2. The lowest BCUT2D eigenvalue weighted by atomic mass is 10.1. The number of aliphatic carboxylic acids is 1. The van der Waals surface area contributed by atoms with Crippen molar-refractivity contribution in [3.8, 4) is 0 Å². The molecule has 0 heterocycles. The quantitative estimate of drug-likeness (QED) is 0.170. The predicted molar refractivity (Wildman–Crippen MR) is 102 cm³/mol. The van der Waals surface area contributed by atoms with Crippen LogP contribution in [-0.2, 0) is 37.5 Å². The van der Waals surface area contributed by atoms with Crippen molar-refractivity contribution in [3.05, 3.63) is 0 Å². The molecule has 0 rings (SSSR count). The maximum atomic E-state index is 11.9. The molecule has 0 spiro atoms. The first-order valence-corrected chi connectivity index (χ1v) is 11.1. The summed E-state index contributed by atoms with van der Waals surface area (Å²) in [5, 5.41) is 8.64. The van der Waals surface area contributed by atoms with Gasteiger partial charge in [0, 0.05) is 12.8 Å². The van der Waals surface area contributed by atoms with Gasteiger partial charge < -0.3 is 25.2 Å². The van der Waals surface area contributed by atoms with Crippen LogP contribution >= 0.6 is 7.82 Å². The molecule has 0 fully saturated rings. The fourth-order valence-electron chi connectivity index (χ4n) is 1.98. The Balaban J connectivity index is 4.65. The molecule has 4 N–H and O–H groups in total. The second-order valence-corrected chi connectivity index (χ2v) is 7.81. The highest BCUT2D eigenvalue weighted by molar-refractivity contribution is 7.47. The van der Waals surface area contributed by atoms with E-state index >= 15 is 0 Å². The molecule has 0 amide bonds. The number of hydrogen-bond acceptors (Lipinski definition) is 9. The number of carbonyl (C=O) groups is 3. The number of phosphoric acid groups is 1. The van der Waals surface area contributed by atoms with Crippen molar-refractivity contribution in [3.63, 3.8) is 0 Å². The minimum absolute atomic E-state index is 0.153. The van der Waals surface area contributed by atoms with Gasteiger partial charge in [-0.05, 0) is 12.8 Å². The fraction of sp³-hybridized carbons (Fsp3) is 0.824. The van der Waals surface area contributed by atoms with Gasteiger partial charge in [-0.25, -0.2) is 4.57 Å². The van der Waals surface area contributed by atoms with Gasteiger partial charge in [0.25, 0.3) is 0 Å². The van der Waals surface area contributed by atoms with Crippen LogP contribution in [0.1, 0.15) is 58.8 Å². The fourth-order valence-corrected chi connectivity index (χ4v) is 2.76. The number of carboxylic acid groups (broad SMARTS) is 1. The minimum atomic E-state index is -4.65. The van der Waals surface area contributed by atoms with Crippen molar-refractivity contribution in [1.29, 1.82) is 0 Å². The molecule has 0 aliphatic heterocycles. The van der Waals surface area contributed by atoms with E-state index in [0.717, 1.165) is 19.3 Å². The van der Waals surface area contributed by atoms with Crippen molar-refractivity contribution in [2.75, 3.05) is 19.8 Å². The molecule has 11 nitrogen and oxygen atoms in total. The summed E-state index contributed by atoms with van der Waals surface area (Å²) in [4.78, 5) is 43.7. The van der Waals surface area contributed by atoms with E-state index in [4.69, 9.17) is 24.8 Å². The maximum absolute atomic E-state index is 11.9. The highest BCUT2D eigenvalue weighted by atomic mass is 31.2. The standard InChI is InChI=1S/C17H32NO10P/c1-3-5-6-7-9-16(20)28-13(10-25-15(19)8-4-2)11-26-29(23,24)27-12-14(18)17(21)22/h13-14H,3-12,18H2,1-2H3,(H,21,22)(H,23,24). The minimum Gasteiger partial charge on any atom is -0.480 e. The Hall–Kier alpha value is -1.52. The monoisotopic (exact) mass is 441 g/mol. The molecule has 12 heteroatoms. The summed E-state index contributed by atoms with van der Waals surface area (Å²) in [6, 6.07) is -1.51. The molecule has 0 aromatic heterocycles. The number of rotatable bonds is 17. The molecule has 3 atom stereocenters. The molecule has 0 aromatic rings. The van der Waals surface area contributed by atoms with Gasteiger partial charge in [0.2, 0.25) is 0 Å². The van der Waals surface area contributed by atoms with Gasteiger partial charge in [-0.3, -0.25) is 23.4 Å². The van der Waals surface area contributed by atoms with Gasteiger partial charge in [-0.15, -0.1) is 0 Å². The lowest BCUT2D eigenvalue weighted by molar-refractivity contribution is -0.161. The van der Waals surface area contributed by atoms with Gasteiger partial charge in [-0.1, -0.05) is 33.1 Å². The average Bonchev–Trinajstić information content (AvgIpc) is 2.65. The number of nitrogens with two attached hydrogens (primary N) is 1. The molecule has 29 heavy (non-hydrogen) atoms. The van der Waals surface area contributed by atoms with Crippen LogP contribution in [0.25, 0.3) is 0 Å². The third kappa shape index (κ3) is 15.0. The molecular formula is C17H32NO10P. The van der Waals surface area contributed by atoms with E-state index in [0.29, 0.717) is 12.8 Å². The molecular weight excluding hydrogens is 409 g/mol. The first-order valence-electron chi connectivity index (χ1n) is 9.56. The van der Waals surface area contributed by atoms with E-state index in [1.165, 1.54) is 0 Å². The summed E-state index contributed by atoms with van der Waals surface area (Å²) in [6.07, 6.45) is 3.26. The highest BCUT2D eigenvalue weighted by Crippen LogP contribution is 2.43. The third-order valence-electron chi connectivity index (χ3n) is 3.57. The predicted octanol–water partition coefficient (Wildman–Crippen LogP) is 1.76. The third-order valence-corrected chi connectivity index (χ3v) is 4.53. The lowest BCUT2D eigenvalue weighted by Crippen LogP contribution is -2.34. The van der Waals surface area contributed by atoms with E-state index in [-0.39, 0.29) is 19.4 Å². The molecule has 0 aromatic carbocycles. The smallest absolute Gasteiger partial charge is 0.472 e. The first kappa shape index (κ1) is 27.5. The second kappa shape index (κ2) is 15.3. The molecule has 0 saturated heterocycles. The van der Waals surface area contributed by atoms with E-state index in [9.17, 15) is 23.8 Å². The topological polar surface area (TPSA) is 172 Å². The van der Waals surface area contributed by atoms with Crippen LogP contribution in [-0.4, -0.2) is 59.9 Å². The molecule has 0 saturated carbocycles. The average molecular weight is 441 g/mol. The molecule has 0 radical (unpaired) electrons. The van der Waals surface area contributed by atoms with Crippen LogP contribution in [0.5, 0.6) is 0 Å². The Morgan fingerprint density at radius 1 is 0.931 bits per heavy atom. The summed E-state index contributed by atoms with van der Waals surface area (Å²) in [7, 11) is -4.65. The van der Waals surface area contributed by atoms with Crippen molar-refractivity contribution in [2.45, 2.75) is 70.9 Å². The Morgan fingerprint density at radius 3 is 2.17 bits per heavy atom. The zero-order valence-corrected chi connectivity index (χ0v) is 17.8. The van der Waals surface area contributed by atoms with E-state index in [1.54, 1.807) is 6.92 Å². The van der Waals surface area contributed by atoms with Crippen LogP contribution in [0.3, 0.4) is 0 Å². The number of esters is 2. The number of phosphoric ester groups is 1. The van der Waals surface area contributed by atoms with Gasteiger partial charge >= 0.3 is 25.7 Å². The normalized spacial score (nSPS) is 15.2. The summed E-state index contributed by atoms with van der Waals surface area (Å²) in [5.74, 6) is -2.47. The molecule has 170 valence electrons. The van der Waals surface area contributed by atoms with Crippen molar-refractivity contribution in [1.82, 2.24) is 0 Å². The number of unbranched alkanes of at least 4 members (excludes halogenated alkanes) is 3. The maximum Gasteiger partial charge on any atom is 0.472 e. The SMILES string of the molecule is CCCCCCC(=O)OC(COC(=O)CCC)COP(=O)(O)OCC(N)C(=O)O. The van der Waals surface area contributed by atoms with Crippen molar-refractivity contribution < 1.29 is 47.5 Å². The number of carbonyl (C=O) groups excluding carboxylic acids is 2. The summed E-state index contributed by atoms with van der Waals surface area (Å²) in [6.45, 7) is 2.13. The lowest BCUT2D eigenvalue weighted by Gasteiger charge is -2.20. The Kier molecular flexibility index (Phi) is 14.5. The van der Waals surface area contributed by atoms with Crippen LogP contribution < -0.4 is 5.73 Å². The van der Waals surface area contributed by atoms with Crippen LogP contribution in [0, 0.1) is 0 Å². The second-order valence-electron chi connectivity index (χ2n) is 6.36. The highest BCUT2D eigenvalue weighted by Gasteiger charge is 2.28. The molecule has 0 aliphatic carbocycles. The zero-order valence-electron chi connectivity index (χ0n) is 16.9.